The molecule has 0 fully saturated rings. The minimum atomic E-state index is -0.478. The first-order valence-electron chi connectivity index (χ1n) is 11.2. The van der Waals surface area contributed by atoms with Crippen molar-refractivity contribution in [3.05, 3.63) is 95.4 Å². The van der Waals surface area contributed by atoms with Gasteiger partial charge < -0.3 is 10.1 Å². The average molecular weight is 459 g/mol. The number of nitrogens with zero attached hydrogens (tertiary/aromatic N) is 1. The molecule has 0 aromatic heterocycles. The number of imide groups is 1. The van der Waals surface area contributed by atoms with Gasteiger partial charge in [-0.15, -0.1) is 0 Å². The van der Waals surface area contributed by atoms with E-state index < -0.39 is 17.6 Å². The molecule has 0 atom stereocenters. The van der Waals surface area contributed by atoms with Gasteiger partial charge in [-0.05, 0) is 72.0 Å². The molecular formula is C28H27FN2O3. The van der Waals surface area contributed by atoms with Crippen molar-refractivity contribution in [3.63, 3.8) is 0 Å². The Balaban J connectivity index is 1.73. The molecule has 1 heterocycles. The molecular weight excluding hydrogens is 431 g/mol. The molecule has 1 N–H and O–H groups in total. The van der Waals surface area contributed by atoms with Crippen molar-refractivity contribution in [2.24, 2.45) is 0 Å². The lowest BCUT2D eigenvalue weighted by atomic mass is 9.87. The molecule has 5 nitrogen and oxygen atoms in total. The Labute approximate surface area is 198 Å². The van der Waals surface area contributed by atoms with Gasteiger partial charge in [0.05, 0.1) is 17.9 Å². The van der Waals surface area contributed by atoms with E-state index in [0.717, 1.165) is 10.5 Å². The van der Waals surface area contributed by atoms with Crippen LogP contribution < -0.4 is 15.0 Å². The minimum Gasteiger partial charge on any atom is -0.494 e. The van der Waals surface area contributed by atoms with Gasteiger partial charge in [0.2, 0.25) is 0 Å². The smallest absolute Gasteiger partial charge is 0.282 e. The highest BCUT2D eigenvalue weighted by Gasteiger charge is 2.40. The highest BCUT2D eigenvalue weighted by molar-refractivity contribution is 6.46. The quantitative estimate of drug-likeness (QED) is 0.466. The maximum absolute atomic E-state index is 13.6. The number of anilines is 2. The van der Waals surface area contributed by atoms with Crippen LogP contribution in [0.1, 0.15) is 38.8 Å². The topological polar surface area (TPSA) is 58.6 Å². The predicted molar refractivity (Wildman–Crippen MR) is 132 cm³/mol. The fourth-order valence-corrected chi connectivity index (χ4v) is 3.82. The van der Waals surface area contributed by atoms with E-state index >= 15 is 0 Å². The molecule has 0 radical (unpaired) electrons. The fourth-order valence-electron chi connectivity index (χ4n) is 3.82. The van der Waals surface area contributed by atoms with Crippen molar-refractivity contribution in [2.75, 3.05) is 16.8 Å². The third-order valence-electron chi connectivity index (χ3n) is 5.64. The van der Waals surface area contributed by atoms with Crippen molar-refractivity contribution in [1.29, 1.82) is 0 Å². The van der Waals surface area contributed by atoms with E-state index in [-0.39, 0.29) is 16.7 Å². The first kappa shape index (κ1) is 23.2. The Morgan fingerprint density at radius 3 is 2.03 bits per heavy atom. The minimum absolute atomic E-state index is 0.0132. The zero-order valence-corrected chi connectivity index (χ0v) is 19.7. The number of ether oxygens (including phenoxy) is 1. The first-order chi connectivity index (χ1) is 16.2. The molecule has 0 saturated carbocycles. The molecule has 3 aromatic rings. The van der Waals surface area contributed by atoms with Crippen LogP contribution in [0.15, 0.2) is 78.5 Å². The Morgan fingerprint density at radius 2 is 1.47 bits per heavy atom. The van der Waals surface area contributed by atoms with Crippen LogP contribution in [0.4, 0.5) is 15.8 Å². The Morgan fingerprint density at radius 1 is 0.853 bits per heavy atom. The number of rotatable bonds is 6. The summed E-state index contributed by atoms with van der Waals surface area (Å²) < 4.78 is 19.0. The molecule has 0 aliphatic carbocycles. The summed E-state index contributed by atoms with van der Waals surface area (Å²) in [5.74, 6) is -0.728. The second-order valence-corrected chi connectivity index (χ2v) is 9.08. The van der Waals surface area contributed by atoms with Gasteiger partial charge in [0.1, 0.15) is 17.3 Å². The van der Waals surface area contributed by atoms with Gasteiger partial charge in [0.15, 0.2) is 0 Å². The molecule has 4 rings (SSSR count). The normalized spacial score (nSPS) is 14.1. The number of benzene rings is 3. The number of nitrogens with one attached hydrogen (secondary N) is 1. The second kappa shape index (κ2) is 9.14. The summed E-state index contributed by atoms with van der Waals surface area (Å²) >= 11 is 0. The highest BCUT2D eigenvalue weighted by atomic mass is 19.1. The van der Waals surface area contributed by atoms with E-state index in [1.807, 2.05) is 31.2 Å². The summed E-state index contributed by atoms with van der Waals surface area (Å²) in [6.45, 7) is 8.76. The average Bonchev–Trinajstić information content (AvgIpc) is 3.04. The van der Waals surface area contributed by atoms with Crippen LogP contribution in [0, 0.1) is 5.82 Å². The summed E-state index contributed by atoms with van der Waals surface area (Å²) in [4.78, 5) is 28.1. The Kier molecular flexibility index (Phi) is 6.24. The van der Waals surface area contributed by atoms with Gasteiger partial charge in [-0.2, -0.15) is 0 Å². The fraction of sp³-hybridized carbons (Fsp3) is 0.214. The predicted octanol–water partition coefficient (Wildman–Crippen LogP) is 5.92. The molecule has 6 heteroatoms. The number of hydrogen-bond donors (Lipinski definition) is 1. The van der Waals surface area contributed by atoms with E-state index in [1.54, 1.807) is 24.3 Å². The molecule has 1 aliphatic rings. The summed E-state index contributed by atoms with van der Waals surface area (Å²) in [6.07, 6.45) is 0. The van der Waals surface area contributed by atoms with Crippen molar-refractivity contribution < 1.29 is 18.7 Å². The summed E-state index contributed by atoms with van der Waals surface area (Å²) in [7, 11) is 0. The van der Waals surface area contributed by atoms with Gasteiger partial charge >= 0.3 is 0 Å². The van der Waals surface area contributed by atoms with Gasteiger partial charge in [-0.1, -0.05) is 45.0 Å². The lowest BCUT2D eigenvalue weighted by Gasteiger charge is -2.19. The monoisotopic (exact) mass is 458 g/mol. The summed E-state index contributed by atoms with van der Waals surface area (Å²) in [5, 5.41) is 3.14. The van der Waals surface area contributed by atoms with E-state index in [4.69, 9.17) is 4.74 Å². The van der Waals surface area contributed by atoms with Crippen LogP contribution in [-0.2, 0) is 15.0 Å². The molecule has 1 aliphatic heterocycles. The van der Waals surface area contributed by atoms with Crippen LogP contribution in [0.5, 0.6) is 5.75 Å². The van der Waals surface area contributed by atoms with Crippen molar-refractivity contribution >= 4 is 28.8 Å². The molecule has 0 spiro atoms. The SMILES string of the molecule is CCOc1ccc(N2C(=O)C(Nc3ccc(C(C)(C)C)cc3)=C(c3ccc(F)cc3)C2=O)cc1. The Bertz CT molecular complexity index is 1240. The summed E-state index contributed by atoms with van der Waals surface area (Å²) in [6, 6.07) is 20.1. The lowest BCUT2D eigenvalue weighted by molar-refractivity contribution is -0.120. The van der Waals surface area contributed by atoms with Gasteiger partial charge in [-0.25, -0.2) is 9.29 Å². The van der Waals surface area contributed by atoms with Crippen molar-refractivity contribution in [3.8, 4) is 5.75 Å². The maximum Gasteiger partial charge on any atom is 0.282 e. The van der Waals surface area contributed by atoms with Crippen LogP contribution >= 0.6 is 0 Å². The molecule has 2 amide bonds. The largest absolute Gasteiger partial charge is 0.494 e. The third kappa shape index (κ3) is 4.57. The number of carbonyl (C=O) groups is 2. The summed E-state index contributed by atoms with van der Waals surface area (Å²) in [5.41, 5.74) is 3.04. The number of amides is 2. The van der Waals surface area contributed by atoms with Crippen molar-refractivity contribution in [2.45, 2.75) is 33.1 Å². The number of carbonyl (C=O) groups excluding carboxylic acids is 2. The number of hydrogen-bond acceptors (Lipinski definition) is 4. The van der Waals surface area contributed by atoms with Crippen LogP contribution in [-0.4, -0.2) is 18.4 Å². The van der Waals surface area contributed by atoms with Gasteiger partial charge in [0, 0.05) is 5.69 Å². The van der Waals surface area contributed by atoms with E-state index in [1.165, 1.54) is 24.3 Å². The molecule has 0 saturated heterocycles. The van der Waals surface area contributed by atoms with Crippen LogP contribution in [0.3, 0.4) is 0 Å². The molecule has 0 bridgehead atoms. The molecule has 3 aromatic carbocycles. The van der Waals surface area contributed by atoms with Crippen LogP contribution in [0.25, 0.3) is 5.57 Å². The third-order valence-corrected chi connectivity index (χ3v) is 5.64. The van der Waals surface area contributed by atoms with Crippen molar-refractivity contribution in [1.82, 2.24) is 0 Å². The zero-order valence-electron chi connectivity index (χ0n) is 19.7. The lowest BCUT2D eigenvalue weighted by Crippen LogP contribution is -2.32. The van der Waals surface area contributed by atoms with Gasteiger partial charge in [0.25, 0.3) is 11.8 Å². The van der Waals surface area contributed by atoms with E-state index in [2.05, 4.69) is 26.1 Å². The van der Waals surface area contributed by atoms with E-state index in [9.17, 15) is 14.0 Å². The first-order valence-corrected chi connectivity index (χ1v) is 11.2. The molecule has 34 heavy (non-hydrogen) atoms. The van der Waals surface area contributed by atoms with E-state index in [0.29, 0.717) is 29.3 Å². The van der Waals surface area contributed by atoms with Crippen LogP contribution in [0.2, 0.25) is 0 Å². The van der Waals surface area contributed by atoms with Gasteiger partial charge in [-0.3, -0.25) is 9.59 Å². The second-order valence-electron chi connectivity index (χ2n) is 9.08. The Hall–Kier alpha value is -3.93. The molecule has 0 unspecified atom stereocenters. The zero-order chi connectivity index (χ0) is 24.5. The number of halogens is 1. The molecule has 174 valence electrons. The maximum atomic E-state index is 13.6. The highest BCUT2D eigenvalue weighted by Crippen LogP contribution is 2.35. The standard InChI is InChI=1S/C28H27FN2O3/c1-5-34-23-16-14-22(15-17-23)31-26(32)24(18-6-10-20(29)11-7-18)25(27(31)33)30-21-12-8-19(9-13-21)28(2,3)4/h6-17,30H,5H2,1-4H3.